The summed E-state index contributed by atoms with van der Waals surface area (Å²) in [5.74, 6) is -1.64. The Morgan fingerprint density at radius 1 is 0.738 bits per heavy atom. The number of unbranched alkanes of at least 4 members (excludes halogenated alkanes) is 16. The van der Waals surface area contributed by atoms with Gasteiger partial charge >= 0.3 is 0 Å². The summed E-state index contributed by atoms with van der Waals surface area (Å²) in [5.41, 5.74) is -2.71. The minimum atomic E-state index is -5.17. The van der Waals surface area contributed by atoms with Crippen molar-refractivity contribution >= 4 is 19.4 Å². The normalized spacial score (nSPS) is 14.6. The maximum atomic E-state index is 13.5. The number of ketones is 2. The van der Waals surface area contributed by atoms with E-state index in [2.05, 4.69) is 13.8 Å². The first kappa shape index (κ1) is 41.3. The summed E-state index contributed by atoms with van der Waals surface area (Å²) in [6.45, 7) is 3.49. The van der Waals surface area contributed by atoms with Crippen LogP contribution in [-0.4, -0.2) is 78.9 Å². The molecule has 0 aliphatic rings. The largest absolute Gasteiger partial charge is 0.756 e. The maximum absolute atomic E-state index is 13.5. The van der Waals surface area contributed by atoms with E-state index in [4.69, 9.17) is 9.05 Å². The van der Waals surface area contributed by atoms with Crippen LogP contribution < -0.4 is 4.89 Å². The number of phosphoric ester groups is 1. The molecule has 0 aromatic rings. The summed E-state index contributed by atoms with van der Waals surface area (Å²) < 4.78 is 23.6. The highest BCUT2D eigenvalue weighted by Gasteiger charge is 2.53. The highest BCUT2D eigenvalue weighted by molar-refractivity contribution is 7.46. The van der Waals surface area contributed by atoms with Gasteiger partial charge in [0.25, 0.3) is 7.82 Å². The van der Waals surface area contributed by atoms with Gasteiger partial charge in [0, 0.05) is 12.8 Å². The van der Waals surface area contributed by atoms with Crippen molar-refractivity contribution in [2.75, 3.05) is 40.9 Å². The fourth-order valence-corrected chi connectivity index (χ4v) is 6.05. The molecular weight excluding hydrogens is 557 g/mol. The lowest BCUT2D eigenvalue weighted by molar-refractivity contribution is -0.870. The van der Waals surface area contributed by atoms with Crippen LogP contribution in [0.25, 0.3) is 0 Å². The van der Waals surface area contributed by atoms with Crippen LogP contribution in [0.3, 0.4) is 0 Å². The number of likely N-dealkylation sites (N-methyl/N-ethyl adjacent to an activating group) is 1. The average molecular weight is 622 g/mol. The molecule has 250 valence electrons. The van der Waals surface area contributed by atoms with Crippen LogP contribution in [-0.2, 0) is 23.2 Å². The minimum absolute atomic E-state index is 0.130. The van der Waals surface area contributed by atoms with E-state index < -0.39 is 37.7 Å². The molecule has 1 unspecified atom stereocenters. The topological polar surface area (TPSA) is 133 Å². The van der Waals surface area contributed by atoms with Crippen LogP contribution in [0.5, 0.6) is 0 Å². The summed E-state index contributed by atoms with van der Waals surface area (Å²) in [6.07, 6.45) is 16.0. The molecule has 0 amide bonds. The molecule has 0 aliphatic carbocycles. The molecule has 0 heterocycles. The molecule has 10 heteroatoms. The Kier molecular flexibility index (Phi) is 23.3. The predicted molar refractivity (Wildman–Crippen MR) is 167 cm³/mol. The highest BCUT2D eigenvalue weighted by atomic mass is 31.2. The molecule has 0 fully saturated rings. The third-order valence-corrected chi connectivity index (χ3v) is 8.76. The zero-order valence-electron chi connectivity index (χ0n) is 27.6. The number of carbonyl (C=O) groups is 2. The van der Waals surface area contributed by atoms with Crippen molar-refractivity contribution in [1.29, 1.82) is 0 Å². The monoisotopic (exact) mass is 621 g/mol. The molecule has 9 nitrogen and oxygen atoms in total. The first-order chi connectivity index (χ1) is 19.9. The molecule has 0 radical (unpaired) electrons. The van der Waals surface area contributed by atoms with Crippen molar-refractivity contribution in [3.63, 3.8) is 0 Å². The lowest BCUT2D eigenvalue weighted by Crippen LogP contribution is -2.59. The van der Waals surface area contributed by atoms with Gasteiger partial charge in [-0.3, -0.25) is 18.7 Å². The Morgan fingerprint density at radius 2 is 1.10 bits per heavy atom. The van der Waals surface area contributed by atoms with Crippen molar-refractivity contribution in [2.45, 2.75) is 154 Å². The number of rotatable bonds is 30. The summed E-state index contributed by atoms with van der Waals surface area (Å²) in [6, 6.07) is 0. The molecule has 0 saturated carbocycles. The maximum Gasteiger partial charge on any atom is 0.269 e. The van der Waals surface area contributed by atoms with Gasteiger partial charge in [0.2, 0.25) is 5.60 Å². The van der Waals surface area contributed by atoms with Gasteiger partial charge in [0.15, 0.2) is 11.6 Å². The summed E-state index contributed by atoms with van der Waals surface area (Å²) >= 11 is 0. The molecule has 0 spiro atoms. The van der Waals surface area contributed by atoms with Crippen LogP contribution >= 0.6 is 7.82 Å². The first-order valence-corrected chi connectivity index (χ1v) is 18.1. The van der Waals surface area contributed by atoms with E-state index in [-0.39, 0.29) is 19.4 Å². The second-order valence-corrected chi connectivity index (χ2v) is 14.2. The van der Waals surface area contributed by atoms with E-state index in [0.29, 0.717) is 23.9 Å². The summed E-state index contributed by atoms with van der Waals surface area (Å²) in [5, 5.41) is 20.6. The van der Waals surface area contributed by atoms with Gasteiger partial charge in [-0.15, -0.1) is 0 Å². The Bertz CT molecular complexity index is 721. The molecule has 42 heavy (non-hydrogen) atoms. The Labute approximate surface area is 257 Å². The molecule has 0 aliphatic heterocycles. The number of aliphatic hydroxyl groups excluding tert-OH is 2. The number of hydrogen-bond acceptors (Lipinski definition) is 8. The van der Waals surface area contributed by atoms with Crippen LogP contribution in [0.2, 0.25) is 0 Å². The molecule has 2 N–H and O–H groups in total. The van der Waals surface area contributed by atoms with Gasteiger partial charge in [0.05, 0.1) is 27.7 Å². The predicted octanol–water partition coefficient (Wildman–Crippen LogP) is 6.27. The lowest BCUT2D eigenvalue weighted by Gasteiger charge is -2.39. The summed E-state index contributed by atoms with van der Waals surface area (Å²) in [4.78, 5) is 40.0. The van der Waals surface area contributed by atoms with Crippen molar-refractivity contribution in [1.82, 2.24) is 0 Å². The van der Waals surface area contributed by atoms with Crippen LogP contribution in [0, 0.1) is 0 Å². The molecule has 0 aromatic carbocycles. The molecule has 0 aromatic heterocycles. The number of aliphatic hydroxyl groups is 2. The summed E-state index contributed by atoms with van der Waals surface area (Å²) in [7, 11) is 0.418. The average Bonchev–Trinajstić information content (AvgIpc) is 2.92. The Balaban J connectivity index is 5.38. The van der Waals surface area contributed by atoms with Gasteiger partial charge in [-0.1, -0.05) is 117 Å². The van der Waals surface area contributed by atoms with Crippen molar-refractivity contribution < 1.29 is 42.8 Å². The van der Waals surface area contributed by atoms with E-state index in [1.54, 1.807) is 0 Å². The molecule has 2 atom stereocenters. The van der Waals surface area contributed by atoms with E-state index in [9.17, 15) is 29.3 Å². The van der Waals surface area contributed by atoms with Gasteiger partial charge in [-0.2, -0.15) is 0 Å². The van der Waals surface area contributed by atoms with Crippen LogP contribution in [0.1, 0.15) is 142 Å². The number of Topliss-reactive ketones (excluding diaryl/α,β-unsaturated/α-hetero) is 2. The Hall–Kier alpha value is -0.670. The van der Waals surface area contributed by atoms with E-state index in [0.717, 1.165) is 51.4 Å². The third kappa shape index (κ3) is 18.9. The van der Waals surface area contributed by atoms with E-state index in [1.165, 1.54) is 51.4 Å². The van der Waals surface area contributed by atoms with Gasteiger partial charge in [-0.25, -0.2) is 0 Å². The number of nitrogens with zero attached hydrogens (tertiary/aromatic N) is 1. The lowest BCUT2D eigenvalue weighted by atomic mass is 9.82. The zero-order valence-corrected chi connectivity index (χ0v) is 28.5. The fourth-order valence-electron chi connectivity index (χ4n) is 5.01. The number of hydrogen-bond donors (Lipinski definition) is 2. The van der Waals surface area contributed by atoms with E-state index >= 15 is 0 Å². The number of quaternary nitrogens is 1. The van der Waals surface area contributed by atoms with Crippen LogP contribution in [0.15, 0.2) is 0 Å². The van der Waals surface area contributed by atoms with Crippen molar-refractivity contribution in [3.05, 3.63) is 0 Å². The molecule has 0 rings (SSSR count). The van der Waals surface area contributed by atoms with Crippen molar-refractivity contribution in [2.24, 2.45) is 0 Å². The number of carbonyl (C=O) groups excluding carboxylic acids is 2. The fraction of sp³-hybridized carbons (Fsp3) is 0.938. The number of phosphoric acid groups is 1. The van der Waals surface area contributed by atoms with Gasteiger partial charge in [0.1, 0.15) is 19.3 Å². The second kappa shape index (κ2) is 23.7. The zero-order chi connectivity index (χ0) is 31.9. The smallest absolute Gasteiger partial charge is 0.269 e. The molecule has 0 bridgehead atoms. The third-order valence-electron chi connectivity index (χ3n) is 7.75. The Morgan fingerprint density at radius 3 is 1.43 bits per heavy atom. The van der Waals surface area contributed by atoms with Crippen LogP contribution in [0.4, 0.5) is 0 Å². The SMILES string of the molecule is CCCCCCCCCCCC(=O)C(OP(=O)([O-])OCC[N+](C)(C)C)(C(=O)CCCCCCCCCCC)[C@@H](O)CO. The highest BCUT2D eigenvalue weighted by Crippen LogP contribution is 2.46. The second-order valence-electron chi connectivity index (χ2n) is 12.8. The van der Waals surface area contributed by atoms with E-state index in [1.807, 2.05) is 21.1 Å². The molecule has 0 saturated heterocycles. The van der Waals surface area contributed by atoms with Crippen molar-refractivity contribution in [3.8, 4) is 0 Å². The minimum Gasteiger partial charge on any atom is -0.756 e. The van der Waals surface area contributed by atoms with Gasteiger partial charge in [-0.05, 0) is 12.8 Å². The molecular formula is C32H64NO8P. The standard InChI is InChI=1S/C32H64NO8P/c1-6-8-10-12-14-16-18-20-22-24-29(35)32(31(37)28-34,41-42(38,39)40-27-26-33(3,4)5)30(36)25-23-21-19-17-15-13-11-9-7-2/h31,34,37H,6-28H2,1-5H3/t31-/m0/s1. The first-order valence-electron chi connectivity index (χ1n) is 16.7. The quantitative estimate of drug-likeness (QED) is 0.0415. The van der Waals surface area contributed by atoms with Gasteiger partial charge < -0.3 is 24.1 Å².